The van der Waals surface area contributed by atoms with Gasteiger partial charge in [-0.25, -0.2) is 8.42 Å². The number of nitrogens with one attached hydrogen (secondary N) is 1. The van der Waals surface area contributed by atoms with Crippen LogP contribution in [0.15, 0.2) is 11.2 Å². The molecule has 0 bridgehead atoms. The summed E-state index contributed by atoms with van der Waals surface area (Å²) in [6.07, 6.45) is 2.35. The summed E-state index contributed by atoms with van der Waals surface area (Å²) in [6, 6.07) is 0. The molecule has 0 spiro atoms. The number of hydrogen-bond donors (Lipinski definition) is 1. The highest BCUT2D eigenvalue weighted by atomic mass is 35.5. The van der Waals surface area contributed by atoms with Crippen molar-refractivity contribution in [3.63, 3.8) is 0 Å². The average Bonchev–Trinajstić information content (AvgIpc) is 2.63. The minimum Gasteiger partial charge on any atom is -0.266 e. The second-order valence-electron chi connectivity index (χ2n) is 3.73. The van der Waals surface area contributed by atoms with Gasteiger partial charge in [-0.1, -0.05) is 0 Å². The van der Waals surface area contributed by atoms with Gasteiger partial charge in [0.15, 0.2) is 5.03 Å². The Kier molecular flexibility index (Phi) is 4.35. The lowest BCUT2D eigenvalue weighted by Gasteiger charge is -2.18. The van der Waals surface area contributed by atoms with Crippen LogP contribution in [-0.4, -0.2) is 47.5 Å². The predicted molar refractivity (Wildman–Crippen MR) is 68.8 cm³/mol. The number of sulfonamides is 1. The molecule has 0 atom stereocenters. The van der Waals surface area contributed by atoms with E-state index in [0.29, 0.717) is 18.7 Å². The number of aromatic amines is 1. The Bertz CT molecular complexity index is 466. The Balaban J connectivity index is 2.28. The smallest absolute Gasteiger partial charge is 0.260 e. The number of alkyl halides is 1. The summed E-state index contributed by atoms with van der Waals surface area (Å²) >= 11 is 7.49. The molecular formula is C9H14ClN3O2S2. The van der Waals surface area contributed by atoms with E-state index in [9.17, 15) is 8.42 Å². The van der Waals surface area contributed by atoms with Crippen LogP contribution in [-0.2, 0) is 15.9 Å². The summed E-state index contributed by atoms with van der Waals surface area (Å²) in [5.74, 6) is 1.99. The van der Waals surface area contributed by atoms with Crippen LogP contribution in [0.4, 0.5) is 0 Å². The number of hydrogen-bond acceptors (Lipinski definition) is 4. The SMILES string of the molecule is O=S(=O)(c1[nH]ncc1CCl)N1CCCSCC1. The highest BCUT2D eigenvalue weighted by Gasteiger charge is 2.28. The quantitative estimate of drug-likeness (QED) is 0.853. The lowest BCUT2D eigenvalue weighted by atomic mass is 10.4. The van der Waals surface area contributed by atoms with E-state index < -0.39 is 10.0 Å². The largest absolute Gasteiger partial charge is 0.266 e. The molecule has 2 rings (SSSR count). The van der Waals surface area contributed by atoms with E-state index in [0.717, 1.165) is 17.9 Å². The molecule has 1 aliphatic rings. The zero-order valence-electron chi connectivity index (χ0n) is 9.23. The Labute approximate surface area is 110 Å². The zero-order valence-corrected chi connectivity index (χ0v) is 11.6. The third-order valence-corrected chi connectivity index (χ3v) is 5.85. The van der Waals surface area contributed by atoms with Gasteiger partial charge < -0.3 is 0 Å². The van der Waals surface area contributed by atoms with Gasteiger partial charge in [-0.15, -0.1) is 11.6 Å². The van der Waals surface area contributed by atoms with Crippen molar-refractivity contribution < 1.29 is 8.42 Å². The molecule has 17 heavy (non-hydrogen) atoms. The molecule has 0 amide bonds. The molecule has 0 unspecified atom stereocenters. The maximum atomic E-state index is 12.4. The van der Waals surface area contributed by atoms with Crippen LogP contribution in [0, 0.1) is 0 Å². The molecule has 1 saturated heterocycles. The second kappa shape index (κ2) is 5.60. The Morgan fingerprint density at radius 1 is 1.47 bits per heavy atom. The normalized spacial score (nSPS) is 19.1. The summed E-state index contributed by atoms with van der Waals surface area (Å²) in [4.78, 5) is 0. The fourth-order valence-corrected chi connectivity index (χ4v) is 4.58. The van der Waals surface area contributed by atoms with Crippen molar-refractivity contribution in [1.82, 2.24) is 14.5 Å². The lowest BCUT2D eigenvalue weighted by Crippen LogP contribution is -2.33. The minimum atomic E-state index is -3.47. The summed E-state index contributed by atoms with van der Waals surface area (Å²) < 4.78 is 26.2. The topological polar surface area (TPSA) is 66.1 Å². The van der Waals surface area contributed by atoms with Crippen molar-refractivity contribution >= 4 is 33.4 Å². The van der Waals surface area contributed by atoms with E-state index in [-0.39, 0.29) is 10.9 Å². The zero-order chi connectivity index (χ0) is 12.3. The lowest BCUT2D eigenvalue weighted by molar-refractivity contribution is 0.432. The standard InChI is InChI=1S/C9H14ClN3O2S2/c10-6-8-7-11-12-9(8)17(14,15)13-2-1-4-16-5-3-13/h7H,1-6H2,(H,11,12). The first kappa shape index (κ1) is 13.2. The summed E-state index contributed by atoms with van der Waals surface area (Å²) in [5, 5.41) is 6.44. The molecule has 0 saturated carbocycles. The molecule has 96 valence electrons. The van der Waals surface area contributed by atoms with Gasteiger partial charge >= 0.3 is 0 Å². The molecule has 0 aliphatic carbocycles. The van der Waals surface area contributed by atoms with Crippen molar-refractivity contribution in [1.29, 1.82) is 0 Å². The summed E-state index contributed by atoms with van der Waals surface area (Å²) in [5.41, 5.74) is 0.531. The molecule has 8 heteroatoms. The molecule has 1 fully saturated rings. The van der Waals surface area contributed by atoms with Gasteiger partial charge in [0.25, 0.3) is 10.0 Å². The molecule has 1 aromatic rings. The van der Waals surface area contributed by atoms with Gasteiger partial charge in [0.2, 0.25) is 0 Å². The monoisotopic (exact) mass is 295 g/mol. The van der Waals surface area contributed by atoms with E-state index in [1.807, 2.05) is 0 Å². The first-order valence-electron chi connectivity index (χ1n) is 5.32. The maximum Gasteiger partial charge on any atom is 0.260 e. The number of rotatable bonds is 3. The molecule has 1 aliphatic heterocycles. The Hall–Kier alpha value is -0.240. The first-order valence-corrected chi connectivity index (χ1v) is 8.45. The van der Waals surface area contributed by atoms with Crippen molar-refractivity contribution in [2.45, 2.75) is 17.3 Å². The van der Waals surface area contributed by atoms with Gasteiger partial charge in [0, 0.05) is 24.4 Å². The number of H-pyrrole nitrogens is 1. The molecular weight excluding hydrogens is 282 g/mol. The first-order chi connectivity index (χ1) is 8.16. The van der Waals surface area contributed by atoms with E-state index in [2.05, 4.69) is 10.2 Å². The number of halogens is 1. The maximum absolute atomic E-state index is 12.4. The predicted octanol–water partition coefficient (Wildman–Crippen LogP) is 1.28. The van der Waals surface area contributed by atoms with Gasteiger partial charge in [-0.05, 0) is 12.2 Å². The Morgan fingerprint density at radius 2 is 2.29 bits per heavy atom. The van der Waals surface area contributed by atoms with Crippen LogP contribution in [0.5, 0.6) is 0 Å². The number of thioether (sulfide) groups is 1. The van der Waals surface area contributed by atoms with Crippen LogP contribution < -0.4 is 0 Å². The van der Waals surface area contributed by atoms with Gasteiger partial charge in [-0.2, -0.15) is 21.2 Å². The van der Waals surface area contributed by atoms with Crippen LogP contribution in [0.2, 0.25) is 0 Å². The third-order valence-electron chi connectivity index (χ3n) is 2.60. The van der Waals surface area contributed by atoms with E-state index in [1.165, 1.54) is 10.5 Å². The second-order valence-corrected chi connectivity index (χ2v) is 7.09. The van der Waals surface area contributed by atoms with Gasteiger partial charge in [0.1, 0.15) is 0 Å². The summed E-state index contributed by atoms with van der Waals surface area (Å²) in [7, 11) is -3.47. The molecule has 1 aromatic heterocycles. The highest BCUT2D eigenvalue weighted by molar-refractivity contribution is 7.99. The van der Waals surface area contributed by atoms with Crippen molar-refractivity contribution in [3.05, 3.63) is 11.8 Å². The van der Waals surface area contributed by atoms with Crippen molar-refractivity contribution in [2.24, 2.45) is 0 Å². The van der Waals surface area contributed by atoms with E-state index in [1.54, 1.807) is 11.8 Å². The average molecular weight is 296 g/mol. The molecule has 1 N–H and O–H groups in total. The Morgan fingerprint density at radius 3 is 3.06 bits per heavy atom. The number of aromatic nitrogens is 2. The van der Waals surface area contributed by atoms with Gasteiger partial charge in [-0.3, -0.25) is 5.10 Å². The van der Waals surface area contributed by atoms with Crippen LogP contribution in [0.25, 0.3) is 0 Å². The van der Waals surface area contributed by atoms with Crippen LogP contribution >= 0.6 is 23.4 Å². The minimum absolute atomic E-state index is 0.138. The number of nitrogens with zero attached hydrogens (tertiary/aromatic N) is 2. The molecule has 0 radical (unpaired) electrons. The highest BCUT2D eigenvalue weighted by Crippen LogP contribution is 2.21. The van der Waals surface area contributed by atoms with Crippen molar-refractivity contribution in [2.75, 3.05) is 24.6 Å². The third kappa shape index (κ3) is 2.78. The molecule has 0 aromatic carbocycles. The van der Waals surface area contributed by atoms with Gasteiger partial charge in [0.05, 0.1) is 12.1 Å². The van der Waals surface area contributed by atoms with Crippen LogP contribution in [0.1, 0.15) is 12.0 Å². The van der Waals surface area contributed by atoms with E-state index in [4.69, 9.17) is 11.6 Å². The van der Waals surface area contributed by atoms with E-state index >= 15 is 0 Å². The molecule has 5 nitrogen and oxygen atoms in total. The van der Waals surface area contributed by atoms with Crippen LogP contribution in [0.3, 0.4) is 0 Å². The fraction of sp³-hybridized carbons (Fsp3) is 0.667. The summed E-state index contributed by atoms with van der Waals surface area (Å²) in [6.45, 7) is 1.11. The van der Waals surface area contributed by atoms with Crippen molar-refractivity contribution in [3.8, 4) is 0 Å². The molecule has 2 heterocycles. The fourth-order valence-electron chi connectivity index (χ4n) is 1.71.